The highest BCUT2D eigenvalue weighted by Gasteiger charge is 2.28. The lowest BCUT2D eigenvalue weighted by atomic mass is 10.1. The molecule has 0 aliphatic carbocycles. The summed E-state index contributed by atoms with van der Waals surface area (Å²) < 4.78 is 0. The molecule has 47 valence electrons. The first-order chi connectivity index (χ1) is 3.50. The van der Waals surface area contributed by atoms with Crippen LogP contribution in [0.2, 0.25) is 0 Å². The van der Waals surface area contributed by atoms with Crippen LogP contribution in [-0.4, -0.2) is 33.5 Å². The van der Waals surface area contributed by atoms with E-state index in [1.807, 2.05) is 0 Å². The van der Waals surface area contributed by atoms with E-state index in [2.05, 4.69) is 6.92 Å². The van der Waals surface area contributed by atoms with Crippen molar-refractivity contribution in [3.8, 4) is 0 Å². The molecule has 0 aromatic carbocycles. The monoisotopic (exact) mass is 119 g/mol. The SMILES string of the molecule is [CH2]C(O)(CO)C(=O)O. The van der Waals surface area contributed by atoms with Crippen molar-refractivity contribution in [1.29, 1.82) is 0 Å². The number of carbonyl (C=O) groups is 1. The minimum atomic E-state index is -2.24. The molecule has 0 aromatic rings. The van der Waals surface area contributed by atoms with Gasteiger partial charge < -0.3 is 15.3 Å². The van der Waals surface area contributed by atoms with Crippen molar-refractivity contribution in [2.75, 3.05) is 6.61 Å². The van der Waals surface area contributed by atoms with Gasteiger partial charge in [0, 0.05) is 0 Å². The Kier molecular flexibility index (Phi) is 1.94. The van der Waals surface area contributed by atoms with Gasteiger partial charge in [-0.05, 0) is 6.92 Å². The highest BCUT2D eigenvalue weighted by molar-refractivity contribution is 5.78. The fourth-order valence-corrected chi connectivity index (χ4v) is 0.0676. The maximum absolute atomic E-state index is 9.78. The number of aliphatic hydroxyl groups excluding tert-OH is 1. The third kappa shape index (κ3) is 1.48. The predicted octanol–water partition coefficient (Wildman–Crippen LogP) is -1.37. The van der Waals surface area contributed by atoms with Gasteiger partial charge in [-0.2, -0.15) is 0 Å². The van der Waals surface area contributed by atoms with Gasteiger partial charge in [0.15, 0.2) is 5.60 Å². The van der Waals surface area contributed by atoms with Gasteiger partial charge >= 0.3 is 5.97 Å². The molecule has 0 aliphatic heterocycles. The van der Waals surface area contributed by atoms with Gasteiger partial charge in [-0.3, -0.25) is 0 Å². The molecule has 0 aliphatic rings. The topological polar surface area (TPSA) is 77.8 Å². The Morgan fingerprint density at radius 1 is 1.75 bits per heavy atom. The van der Waals surface area contributed by atoms with Gasteiger partial charge in [-0.25, -0.2) is 4.79 Å². The first-order valence-corrected chi connectivity index (χ1v) is 1.92. The van der Waals surface area contributed by atoms with Crippen LogP contribution in [0.3, 0.4) is 0 Å². The molecule has 0 bridgehead atoms. The molecule has 1 unspecified atom stereocenters. The van der Waals surface area contributed by atoms with Crippen molar-refractivity contribution in [2.45, 2.75) is 5.60 Å². The minimum absolute atomic E-state index is 0.873. The zero-order valence-electron chi connectivity index (χ0n) is 4.16. The van der Waals surface area contributed by atoms with Crippen LogP contribution in [0.15, 0.2) is 0 Å². The summed E-state index contributed by atoms with van der Waals surface area (Å²) in [6.45, 7) is 1.92. The summed E-state index contributed by atoms with van der Waals surface area (Å²) in [4.78, 5) is 9.78. The average Bonchev–Trinajstić information content (AvgIpc) is 1.67. The van der Waals surface area contributed by atoms with Gasteiger partial charge in [0.2, 0.25) is 0 Å². The molecule has 0 saturated carbocycles. The van der Waals surface area contributed by atoms with Crippen LogP contribution >= 0.6 is 0 Å². The molecule has 1 atom stereocenters. The van der Waals surface area contributed by atoms with Gasteiger partial charge in [0.05, 0.1) is 6.61 Å². The van der Waals surface area contributed by atoms with E-state index in [0.717, 1.165) is 0 Å². The lowest BCUT2D eigenvalue weighted by molar-refractivity contribution is -0.156. The quantitative estimate of drug-likeness (QED) is 0.419. The second-order valence-electron chi connectivity index (χ2n) is 1.49. The molecule has 4 heteroatoms. The zero-order chi connectivity index (χ0) is 6.78. The summed E-state index contributed by atoms with van der Waals surface area (Å²) in [7, 11) is 0. The fourth-order valence-electron chi connectivity index (χ4n) is 0.0676. The predicted molar refractivity (Wildman–Crippen MR) is 25.0 cm³/mol. The summed E-state index contributed by atoms with van der Waals surface area (Å²) in [5, 5.41) is 24.5. The number of aliphatic carboxylic acids is 1. The second-order valence-corrected chi connectivity index (χ2v) is 1.49. The third-order valence-corrected chi connectivity index (χ3v) is 0.660. The standard InChI is InChI=1S/C4H7O4/c1-4(8,2-5)3(6)7/h5,8H,1-2H2,(H,6,7). The lowest BCUT2D eigenvalue weighted by Gasteiger charge is -2.12. The van der Waals surface area contributed by atoms with Crippen LogP contribution in [0.5, 0.6) is 0 Å². The Balaban J connectivity index is 3.91. The van der Waals surface area contributed by atoms with E-state index in [0.29, 0.717) is 0 Å². The van der Waals surface area contributed by atoms with Crippen LogP contribution in [0.1, 0.15) is 0 Å². The number of carboxylic acid groups (broad SMARTS) is 1. The lowest BCUT2D eigenvalue weighted by Crippen LogP contribution is -2.38. The maximum atomic E-state index is 9.78. The fraction of sp³-hybridized carbons (Fsp3) is 0.500. The maximum Gasteiger partial charge on any atom is 0.338 e. The Labute approximate surface area is 46.4 Å². The molecule has 8 heavy (non-hydrogen) atoms. The molecular formula is C4H7O4. The van der Waals surface area contributed by atoms with Gasteiger partial charge in [0.1, 0.15) is 0 Å². The molecule has 1 radical (unpaired) electrons. The summed E-state index contributed by atoms with van der Waals surface area (Å²) in [5.41, 5.74) is -2.24. The molecule has 4 nitrogen and oxygen atoms in total. The largest absolute Gasteiger partial charge is 0.479 e. The molecular weight excluding hydrogens is 112 g/mol. The Bertz CT molecular complexity index is 96.2. The van der Waals surface area contributed by atoms with Crippen molar-refractivity contribution >= 4 is 5.97 Å². The number of aliphatic hydroxyl groups is 2. The normalized spacial score (nSPS) is 17.4. The van der Waals surface area contributed by atoms with E-state index >= 15 is 0 Å². The summed E-state index contributed by atoms with van der Waals surface area (Å²) in [6, 6.07) is 0. The van der Waals surface area contributed by atoms with E-state index in [1.54, 1.807) is 0 Å². The van der Waals surface area contributed by atoms with Crippen molar-refractivity contribution in [1.82, 2.24) is 0 Å². The van der Waals surface area contributed by atoms with E-state index in [4.69, 9.17) is 15.3 Å². The smallest absolute Gasteiger partial charge is 0.338 e. The highest BCUT2D eigenvalue weighted by atomic mass is 16.4. The summed E-state index contributed by atoms with van der Waals surface area (Å²) in [6.07, 6.45) is 0. The van der Waals surface area contributed by atoms with Gasteiger partial charge in [-0.1, -0.05) is 0 Å². The molecule has 0 amide bonds. The Morgan fingerprint density at radius 3 is 2.12 bits per heavy atom. The van der Waals surface area contributed by atoms with E-state index in [-0.39, 0.29) is 0 Å². The van der Waals surface area contributed by atoms with E-state index in [9.17, 15) is 4.79 Å². The first kappa shape index (κ1) is 7.39. The van der Waals surface area contributed by atoms with Crippen LogP contribution in [0, 0.1) is 6.92 Å². The second kappa shape index (κ2) is 2.11. The number of carboxylic acids is 1. The Morgan fingerprint density at radius 2 is 2.12 bits per heavy atom. The van der Waals surface area contributed by atoms with Crippen LogP contribution in [0.25, 0.3) is 0 Å². The number of rotatable bonds is 2. The van der Waals surface area contributed by atoms with Crippen LogP contribution in [-0.2, 0) is 4.79 Å². The van der Waals surface area contributed by atoms with Crippen molar-refractivity contribution in [3.63, 3.8) is 0 Å². The van der Waals surface area contributed by atoms with Gasteiger partial charge in [-0.15, -0.1) is 0 Å². The molecule has 0 heterocycles. The van der Waals surface area contributed by atoms with Crippen molar-refractivity contribution in [3.05, 3.63) is 6.92 Å². The van der Waals surface area contributed by atoms with Gasteiger partial charge in [0.25, 0.3) is 0 Å². The number of hydrogen-bond donors (Lipinski definition) is 3. The highest BCUT2D eigenvalue weighted by Crippen LogP contribution is 1.98. The van der Waals surface area contributed by atoms with E-state index < -0.39 is 18.2 Å². The molecule has 0 spiro atoms. The summed E-state index contributed by atoms with van der Waals surface area (Å²) >= 11 is 0. The third-order valence-electron chi connectivity index (χ3n) is 0.660. The molecule has 0 aromatic heterocycles. The molecule has 0 saturated heterocycles. The Hall–Kier alpha value is -0.610. The van der Waals surface area contributed by atoms with Crippen LogP contribution in [0.4, 0.5) is 0 Å². The van der Waals surface area contributed by atoms with Crippen molar-refractivity contribution < 1.29 is 20.1 Å². The molecule has 0 rings (SSSR count). The minimum Gasteiger partial charge on any atom is -0.479 e. The van der Waals surface area contributed by atoms with Crippen molar-refractivity contribution in [2.24, 2.45) is 0 Å². The molecule has 0 fully saturated rings. The molecule has 3 N–H and O–H groups in total. The zero-order valence-corrected chi connectivity index (χ0v) is 4.16. The van der Waals surface area contributed by atoms with E-state index in [1.165, 1.54) is 0 Å². The number of hydrogen-bond acceptors (Lipinski definition) is 3. The first-order valence-electron chi connectivity index (χ1n) is 1.92. The summed E-state index contributed by atoms with van der Waals surface area (Å²) in [5.74, 6) is -1.53. The van der Waals surface area contributed by atoms with Crippen LogP contribution < -0.4 is 0 Å². The average molecular weight is 119 g/mol.